The molecule has 0 bridgehead atoms. The summed E-state index contributed by atoms with van der Waals surface area (Å²) in [6.45, 7) is 3.97. The number of carbonyl (C=O) groups excluding carboxylic acids is 1. The summed E-state index contributed by atoms with van der Waals surface area (Å²) < 4.78 is 7.19. The van der Waals surface area contributed by atoms with Gasteiger partial charge in [-0.1, -0.05) is 54.1 Å². The topological polar surface area (TPSA) is 57.0 Å². The van der Waals surface area contributed by atoms with Crippen LogP contribution in [0.5, 0.6) is 0 Å². The Hall–Kier alpha value is -3.18. The number of benzene rings is 2. The van der Waals surface area contributed by atoms with Crippen LogP contribution >= 0.6 is 11.6 Å². The first kappa shape index (κ1) is 18.2. The maximum absolute atomic E-state index is 12.6. The van der Waals surface area contributed by atoms with E-state index in [2.05, 4.69) is 10.1 Å². The Balaban J connectivity index is 1.59. The Labute approximate surface area is 167 Å². The second kappa shape index (κ2) is 7.44. The lowest BCUT2D eigenvalue weighted by atomic mass is 10.1. The zero-order valence-electron chi connectivity index (χ0n) is 15.5. The van der Waals surface area contributed by atoms with Gasteiger partial charge in [0.25, 0.3) is 0 Å². The Bertz CT molecular complexity index is 1180. The highest BCUT2D eigenvalue weighted by Crippen LogP contribution is 2.22. The first-order valence-electron chi connectivity index (χ1n) is 8.87. The lowest BCUT2D eigenvalue weighted by Crippen LogP contribution is -2.11. The van der Waals surface area contributed by atoms with Gasteiger partial charge in [-0.3, -0.25) is 0 Å². The number of esters is 1. The normalized spacial score (nSPS) is 11.0. The second-order valence-corrected chi connectivity index (χ2v) is 6.96. The number of fused-ring (bicyclic) bond motifs is 1. The Kier molecular flexibility index (Phi) is 4.84. The highest BCUT2D eigenvalue weighted by molar-refractivity contribution is 6.33. The molecule has 2 aromatic carbocycles. The van der Waals surface area contributed by atoms with Gasteiger partial charge in [0.2, 0.25) is 0 Å². The minimum atomic E-state index is -0.568. The van der Waals surface area contributed by atoms with Crippen LogP contribution in [0.25, 0.3) is 16.6 Å². The van der Waals surface area contributed by atoms with Crippen molar-refractivity contribution in [1.29, 1.82) is 0 Å². The molecule has 0 aliphatic heterocycles. The molecule has 0 unspecified atom stereocenters. The quantitative estimate of drug-likeness (QED) is 0.457. The number of aromatic nitrogens is 3. The van der Waals surface area contributed by atoms with E-state index in [1.54, 1.807) is 16.8 Å². The molecule has 5 nitrogen and oxygen atoms in total. The number of aryl methyl sites for hydroxylation is 2. The monoisotopic (exact) mass is 391 g/mol. The Morgan fingerprint density at radius 1 is 1.07 bits per heavy atom. The minimum Gasteiger partial charge on any atom is -0.456 e. The number of ether oxygens (including phenoxy) is 1. The van der Waals surface area contributed by atoms with Crippen LogP contribution in [0.1, 0.15) is 27.4 Å². The van der Waals surface area contributed by atoms with Crippen molar-refractivity contribution in [2.24, 2.45) is 0 Å². The van der Waals surface area contributed by atoms with E-state index in [0.717, 1.165) is 27.7 Å². The van der Waals surface area contributed by atoms with E-state index in [1.165, 1.54) is 0 Å². The third-order valence-electron chi connectivity index (χ3n) is 4.49. The zero-order valence-corrected chi connectivity index (χ0v) is 16.3. The first-order valence-corrected chi connectivity index (χ1v) is 9.24. The van der Waals surface area contributed by atoms with Gasteiger partial charge in [0.05, 0.1) is 10.7 Å². The fourth-order valence-corrected chi connectivity index (χ4v) is 3.37. The van der Waals surface area contributed by atoms with E-state index in [0.29, 0.717) is 5.82 Å². The van der Waals surface area contributed by atoms with E-state index in [-0.39, 0.29) is 17.3 Å². The highest BCUT2D eigenvalue weighted by Gasteiger charge is 2.17. The molecule has 140 valence electrons. The third-order valence-corrected chi connectivity index (χ3v) is 4.79. The number of carbonyl (C=O) groups is 1. The predicted octanol–water partition coefficient (Wildman–Crippen LogP) is 5.05. The van der Waals surface area contributed by atoms with E-state index in [4.69, 9.17) is 16.3 Å². The summed E-state index contributed by atoms with van der Waals surface area (Å²) in [5.74, 6) is -0.0478. The standard InChI is InChI=1S/C22H18ClN3O2/c1-14-12-15(2)26(25-14)20-11-10-19(23)21(24-20)22(27)28-13-17-8-5-7-16-6-3-4-9-18(16)17/h3-12H,13H2,1-2H3. The van der Waals surface area contributed by atoms with Gasteiger partial charge in [-0.05, 0) is 48.4 Å². The molecule has 0 spiro atoms. The van der Waals surface area contributed by atoms with Crippen molar-refractivity contribution in [2.75, 3.05) is 0 Å². The lowest BCUT2D eigenvalue weighted by Gasteiger charge is -2.10. The summed E-state index contributed by atoms with van der Waals surface area (Å²) in [5, 5.41) is 6.79. The third kappa shape index (κ3) is 3.49. The molecule has 4 aromatic rings. The molecule has 0 N–H and O–H groups in total. The van der Waals surface area contributed by atoms with Gasteiger partial charge in [-0.25, -0.2) is 14.5 Å². The molecule has 2 aromatic heterocycles. The van der Waals surface area contributed by atoms with Crippen molar-refractivity contribution in [3.8, 4) is 5.82 Å². The van der Waals surface area contributed by atoms with Crippen molar-refractivity contribution >= 4 is 28.3 Å². The number of pyridine rings is 1. The van der Waals surface area contributed by atoms with Crippen LogP contribution in [0.3, 0.4) is 0 Å². The molecule has 0 saturated heterocycles. The predicted molar refractivity (Wildman–Crippen MR) is 109 cm³/mol. The molecule has 6 heteroatoms. The zero-order chi connectivity index (χ0) is 19.7. The molecule has 28 heavy (non-hydrogen) atoms. The molecule has 4 rings (SSSR count). The van der Waals surface area contributed by atoms with E-state index in [9.17, 15) is 4.79 Å². The maximum atomic E-state index is 12.6. The summed E-state index contributed by atoms with van der Waals surface area (Å²) in [6.07, 6.45) is 0. The average molecular weight is 392 g/mol. The summed E-state index contributed by atoms with van der Waals surface area (Å²) in [6, 6.07) is 19.2. The van der Waals surface area contributed by atoms with Crippen LogP contribution in [0, 0.1) is 13.8 Å². The SMILES string of the molecule is Cc1cc(C)n(-c2ccc(Cl)c(C(=O)OCc3cccc4ccccc34)n2)n1. The summed E-state index contributed by atoms with van der Waals surface area (Å²) >= 11 is 6.21. The summed E-state index contributed by atoms with van der Waals surface area (Å²) in [4.78, 5) is 17.0. The maximum Gasteiger partial charge on any atom is 0.358 e. The molecule has 0 aliphatic rings. The van der Waals surface area contributed by atoms with Crippen LogP contribution in [-0.4, -0.2) is 20.7 Å². The number of hydrogen-bond donors (Lipinski definition) is 0. The van der Waals surface area contributed by atoms with Crippen molar-refractivity contribution in [2.45, 2.75) is 20.5 Å². The van der Waals surface area contributed by atoms with Crippen LogP contribution < -0.4 is 0 Å². The van der Waals surface area contributed by atoms with Crippen LogP contribution in [0.15, 0.2) is 60.7 Å². The molecular formula is C22H18ClN3O2. The second-order valence-electron chi connectivity index (χ2n) is 6.55. The van der Waals surface area contributed by atoms with Gasteiger partial charge in [0.15, 0.2) is 11.5 Å². The van der Waals surface area contributed by atoms with Gasteiger partial charge in [0.1, 0.15) is 6.61 Å². The van der Waals surface area contributed by atoms with Crippen molar-refractivity contribution in [1.82, 2.24) is 14.8 Å². The average Bonchev–Trinajstić information content (AvgIpc) is 3.04. The minimum absolute atomic E-state index is 0.0759. The largest absolute Gasteiger partial charge is 0.456 e. The van der Waals surface area contributed by atoms with Crippen LogP contribution in [0.2, 0.25) is 5.02 Å². The molecule has 0 amide bonds. The Morgan fingerprint density at radius 2 is 1.86 bits per heavy atom. The fourth-order valence-electron chi connectivity index (χ4n) is 3.18. The van der Waals surface area contributed by atoms with Gasteiger partial charge < -0.3 is 4.74 Å². The number of hydrogen-bond acceptors (Lipinski definition) is 4. The van der Waals surface area contributed by atoms with Gasteiger partial charge in [0, 0.05) is 5.69 Å². The summed E-state index contributed by atoms with van der Waals surface area (Å²) in [7, 11) is 0. The molecule has 0 radical (unpaired) electrons. The van der Waals surface area contributed by atoms with E-state index in [1.807, 2.05) is 62.4 Å². The van der Waals surface area contributed by atoms with Crippen LogP contribution in [0.4, 0.5) is 0 Å². The van der Waals surface area contributed by atoms with Crippen LogP contribution in [-0.2, 0) is 11.3 Å². The van der Waals surface area contributed by atoms with E-state index < -0.39 is 5.97 Å². The molecule has 2 heterocycles. The molecular weight excluding hydrogens is 374 g/mol. The highest BCUT2D eigenvalue weighted by atomic mass is 35.5. The number of nitrogens with zero attached hydrogens (tertiary/aromatic N) is 3. The number of halogens is 1. The van der Waals surface area contributed by atoms with Crippen molar-refractivity contribution in [3.05, 3.63) is 88.3 Å². The smallest absolute Gasteiger partial charge is 0.358 e. The van der Waals surface area contributed by atoms with Crippen molar-refractivity contribution < 1.29 is 9.53 Å². The lowest BCUT2D eigenvalue weighted by molar-refractivity contribution is 0.0467. The van der Waals surface area contributed by atoms with Gasteiger partial charge in [-0.15, -0.1) is 0 Å². The van der Waals surface area contributed by atoms with Gasteiger partial charge in [-0.2, -0.15) is 5.10 Å². The summed E-state index contributed by atoms with van der Waals surface area (Å²) in [5.41, 5.74) is 2.79. The Morgan fingerprint density at radius 3 is 2.64 bits per heavy atom. The molecule has 0 atom stereocenters. The fraction of sp³-hybridized carbons (Fsp3) is 0.136. The van der Waals surface area contributed by atoms with Crippen molar-refractivity contribution in [3.63, 3.8) is 0 Å². The van der Waals surface area contributed by atoms with Gasteiger partial charge >= 0.3 is 5.97 Å². The van der Waals surface area contributed by atoms with E-state index >= 15 is 0 Å². The number of rotatable bonds is 4. The molecule has 0 fully saturated rings. The first-order chi connectivity index (χ1) is 13.5. The molecule has 0 aliphatic carbocycles. The molecule has 0 saturated carbocycles.